The summed E-state index contributed by atoms with van der Waals surface area (Å²) in [4.78, 5) is 0. The first-order chi connectivity index (χ1) is 9.19. The van der Waals surface area contributed by atoms with Crippen LogP contribution >= 0.6 is 27.5 Å². The molecule has 0 saturated carbocycles. The Bertz CT molecular complexity index is 546. The Morgan fingerprint density at radius 1 is 1.42 bits per heavy atom. The molecule has 2 N–H and O–H groups in total. The van der Waals surface area contributed by atoms with Gasteiger partial charge in [-0.25, -0.2) is 0 Å². The Morgan fingerprint density at radius 2 is 2.26 bits per heavy atom. The van der Waals surface area contributed by atoms with Crippen LogP contribution in [-0.2, 0) is 13.1 Å². The quantitative estimate of drug-likeness (QED) is 0.845. The number of anilines is 1. The van der Waals surface area contributed by atoms with Crippen molar-refractivity contribution in [3.05, 3.63) is 39.6 Å². The van der Waals surface area contributed by atoms with E-state index < -0.39 is 0 Å². The van der Waals surface area contributed by atoms with Crippen LogP contribution < -0.4 is 5.32 Å². The van der Waals surface area contributed by atoms with Crippen molar-refractivity contribution in [1.82, 2.24) is 15.0 Å². The number of aromatic nitrogens is 3. The van der Waals surface area contributed by atoms with E-state index in [9.17, 15) is 0 Å². The van der Waals surface area contributed by atoms with E-state index in [1.165, 1.54) is 0 Å². The van der Waals surface area contributed by atoms with Crippen LogP contribution in [0.25, 0.3) is 0 Å². The van der Waals surface area contributed by atoms with E-state index in [0.29, 0.717) is 24.5 Å². The van der Waals surface area contributed by atoms with Gasteiger partial charge < -0.3 is 10.4 Å². The highest BCUT2D eigenvalue weighted by atomic mass is 79.9. The summed E-state index contributed by atoms with van der Waals surface area (Å²) in [5.74, 6) is 0. The predicted molar refractivity (Wildman–Crippen MR) is 78.2 cm³/mol. The smallest absolute Gasteiger partial charge is 0.102 e. The van der Waals surface area contributed by atoms with Gasteiger partial charge in [-0.15, -0.1) is 5.10 Å². The van der Waals surface area contributed by atoms with Gasteiger partial charge in [0.1, 0.15) is 5.69 Å². The molecule has 0 atom stereocenters. The van der Waals surface area contributed by atoms with Crippen molar-refractivity contribution >= 4 is 33.2 Å². The second kappa shape index (κ2) is 6.88. The summed E-state index contributed by atoms with van der Waals surface area (Å²) in [6, 6.07) is 5.65. The molecule has 1 aromatic heterocycles. The fraction of sp³-hybridized carbons (Fsp3) is 0.333. The molecule has 0 unspecified atom stereocenters. The van der Waals surface area contributed by atoms with Gasteiger partial charge in [0.15, 0.2) is 0 Å². The van der Waals surface area contributed by atoms with Gasteiger partial charge in [0.05, 0.1) is 17.8 Å². The van der Waals surface area contributed by atoms with E-state index in [4.69, 9.17) is 16.7 Å². The van der Waals surface area contributed by atoms with Crippen molar-refractivity contribution in [2.45, 2.75) is 19.5 Å². The third-order valence-corrected chi connectivity index (χ3v) is 3.74. The number of benzene rings is 1. The second-order valence-electron chi connectivity index (χ2n) is 4.03. The van der Waals surface area contributed by atoms with Gasteiger partial charge in [0, 0.05) is 23.3 Å². The van der Waals surface area contributed by atoms with Gasteiger partial charge >= 0.3 is 0 Å². The first kappa shape index (κ1) is 14.3. The van der Waals surface area contributed by atoms with Crippen LogP contribution in [0.15, 0.2) is 28.9 Å². The third kappa shape index (κ3) is 4.19. The van der Waals surface area contributed by atoms with Gasteiger partial charge in [0.2, 0.25) is 0 Å². The fourth-order valence-corrected chi connectivity index (χ4v) is 2.06. The van der Waals surface area contributed by atoms with E-state index in [1.54, 1.807) is 4.68 Å². The molecule has 0 aliphatic carbocycles. The van der Waals surface area contributed by atoms with Crippen molar-refractivity contribution in [2.24, 2.45) is 0 Å². The number of hydrogen-bond donors (Lipinski definition) is 2. The lowest BCUT2D eigenvalue weighted by molar-refractivity contribution is 0.276. The standard InChI is InChI=1S/C12H14BrClN4O/c13-11-6-9(2-3-12(11)14)15-7-10-8-18(17-16-10)4-1-5-19/h2-3,6,8,15,19H,1,4-5,7H2. The average molecular weight is 346 g/mol. The molecule has 2 aromatic rings. The van der Waals surface area contributed by atoms with E-state index in [2.05, 4.69) is 31.6 Å². The first-order valence-corrected chi connectivity index (χ1v) is 7.05. The fourth-order valence-electron chi connectivity index (χ4n) is 1.56. The molecule has 0 radical (unpaired) electrons. The maximum atomic E-state index is 8.75. The highest BCUT2D eigenvalue weighted by molar-refractivity contribution is 9.10. The molecule has 1 heterocycles. The maximum Gasteiger partial charge on any atom is 0.102 e. The van der Waals surface area contributed by atoms with Gasteiger partial charge in [0.25, 0.3) is 0 Å². The molecule has 0 fully saturated rings. The van der Waals surface area contributed by atoms with Crippen molar-refractivity contribution in [3.8, 4) is 0 Å². The van der Waals surface area contributed by atoms with Gasteiger partial charge in [-0.05, 0) is 40.5 Å². The average Bonchev–Trinajstić information content (AvgIpc) is 2.86. The van der Waals surface area contributed by atoms with Crippen LogP contribution in [0, 0.1) is 0 Å². The molecule has 19 heavy (non-hydrogen) atoms. The Morgan fingerprint density at radius 3 is 3.00 bits per heavy atom. The summed E-state index contributed by atoms with van der Waals surface area (Å²) in [7, 11) is 0. The summed E-state index contributed by atoms with van der Waals surface area (Å²) in [5.41, 5.74) is 1.81. The van der Waals surface area contributed by atoms with Crippen LogP contribution in [0.2, 0.25) is 5.02 Å². The van der Waals surface area contributed by atoms with E-state index in [-0.39, 0.29) is 6.61 Å². The van der Waals surface area contributed by atoms with Crippen molar-refractivity contribution in [3.63, 3.8) is 0 Å². The molecule has 7 heteroatoms. The molecule has 0 spiro atoms. The Balaban J connectivity index is 1.91. The van der Waals surface area contributed by atoms with Crippen molar-refractivity contribution in [1.29, 1.82) is 0 Å². The molecule has 0 amide bonds. The number of halogens is 2. The zero-order valence-corrected chi connectivity index (χ0v) is 12.5. The Kier molecular flexibility index (Phi) is 5.18. The second-order valence-corrected chi connectivity index (χ2v) is 5.29. The van der Waals surface area contributed by atoms with Crippen molar-refractivity contribution in [2.75, 3.05) is 11.9 Å². The molecular weight excluding hydrogens is 332 g/mol. The third-order valence-electron chi connectivity index (χ3n) is 2.52. The van der Waals surface area contributed by atoms with Crippen LogP contribution in [0.3, 0.4) is 0 Å². The lowest BCUT2D eigenvalue weighted by Crippen LogP contribution is -2.01. The van der Waals surface area contributed by atoms with Crippen LogP contribution in [0.4, 0.5) is 5.69 Å². The van der Waals surface area contributed by atoms with E-state index in [0.717, 1.165) is 15.9 Å². The zero-order chi connectivity index (χ0) is 13.7. The minimum atomic E-state index is 0.159. The summed E-state index contributed by atoms with van der Waals surface area (Å²) in [6.45, 7) is 1.43. The molecule has 0 aliphatic heterocycles. The minimum Gasteiger partial charge on any atom is -0.396 e. The Labute approximate surface area is 124 Å². The lowest BCUT2D eigenvalue weighted by atomic mass is 10.3. The van der Waals surface area contributed by atoms with Gasteiger partial charge in [-0.2, -0.15) is 0 Å². The summed E-state index contributed by atoms with van der Waals surface area (Å²) in [5, 5.41) is 20.7. The van der Waals surface area contributed by atoms with Crippen LogP contribution in [0.1, 0.15) is 12.1 Å². The van der Waals surface area contributed by atoms with Crippen LogP contribution in [0.5, 0.6) is 0 Å². The molecule has 102 valence electrons. The lowest BCUT2D eigenvalue weighted by Gasteiger charge is -2.05. The first-order valence-electron chi connectivity index (χ1n) is 5.88. The SMILES string of the molecule is OCCCn1cc(CNc2ccc(Cl)c(Br)c2)nn1. The monoisotopic (exact) mass is 344 g/mol. The number of nitrogens with zero attached hydrogens (tertiary/aromatic N) is 3. The normalized spacial score (nSPS) is 10.7. The van der Waals surface area contributed by atoms with Gasteiger partial charge in [-0.1, -0.05) is 16.8 Å². The molecule has 0 aliphatic rings. The number of aryl methyl sites for hydroxylation is 1. The molecular formula is C12H14BrClN4O. The number of rotatable bonds is 6. The molecule has 0 bridgehead atoms. The Hall–Kier alpha value is -1.11. The molecule has 0 saturated heterocycles. The number of nitrogens with one attached hydrogen (secondary N) is 1. The van der Waals surface area contributed by atoms with Crippen LogP contribution in [-0.4, -0.2) is 26.7 Å². The summed E-state index contributed by atoms with van der Waals surface area (Å²) in [6.07, 6.45) is 2.55. The number of aliphatic hydroxyl groups excluding tert-OH is 1. The minimum absolute atomic E-state index is 0.159. The van der Waals surface area contributed by atoms with Crippen molar-refractivity contribution < 1.29 is 5.11 Å². The highest BCUT2D eigenvalue weighted by Crippen LogP contribution is 2.25. The number of hydrogen-bond acceptors (Lipinski definition) is 4. The van der Waals surface area contributed by atoms with E-state index in [1.807, 2.05) is 24.4 Å². The predicted octanol–water partition coefficient (Wildman–Crippen LogP) is 2.69. The largest absolute Gasteiger partial charge is 0.396 e. The topological polar surface area (TPSA) is 63.0 Å². The van der Waals surface area contributed by atoms with E-state index >= 15 is 0 Å². The molecule has 2 rings (SSSR count). The highest BCUT2D eigenvalue weighted by Gasteiger charge is 2.02. The summed E-state index contributed by atoms with van der Waals surface area (Å²) >= 11 is 9.31. The molecule has 5 nitrogen and oxygen atoms in total. The summed E-state index contributed by atoms with van der Waals surface area (Å²) < 4.78 is 2.58. The van der Waals surface area contributed by atoms with Gasteiger partial charge in [-0.3, -0.25) is 4.68 Å². The zero-order valence-electron chi connectivity index (χ0n) is 10.2. The number of aliphatic hydroxyl groups is 1. The molecule has 1 aromatic carbocycles. The maximum absolute atomic E-state index is 8.75.